The number of fused-ring (bicyclic) bond motifs is 1. The average Bonchev–Trinajstić information content (AvgIpc) is 2.48. The summed E-state index contributed by atoms with van der Waals surface area (Å²) in [7, 11) is 0. The quantitative estimate of drug-likeness (QED) is 0.892. The molecule has 0 saturated carbocycles. The highest BCUT2D eigenvalue weighted by Gasteiger charge is 2.29. The van der Waals surface area contributed by atoms with Crippen LogP contribution in [0.2, 0.25) is 5.02 Å². The minimum absolute atomic E-state index is 0.0742. The molecule has 1 aliphatic rings. The molecule has 0 fully saturated rings. The number of hydrogen-bond donors (Lipinski definition) is 2. The fourth-order valence-corrected chi connectivity index (χ4v) is 2.99. The summed E-state index contributed by atoms with van der Waals surface area (Å²) in [6.07, 6.45) is 0.736. The molecule has 3 rings (SSSR count). The summed E-state index contributed by atoms with van der Waals surface area (Å²) in [5, 5.41) is 13.9. The van der Waals surface area contributed by atoms with Crippen LogP contribution in [0.3, 0.4) is 0 Å². The van der Waals surface area contributed by atoms with Crippen molar-refractivity contribution in [3.63, 3.8) is 0 Å². The van der Waals surface area contributed by atoms with Crippen LogP contribution in [-0.2, 0) is 0 Å². The molecule has 0 radical (unpaired) electrons. The molecule has 21 heavy (non-hydrogen) atoms. The van der Waals surface area contributed by atoms with E-state index in [0.29, 0.717) is 0 Å². The van der Waals surface area contributed by atoms with Crippen molar-refractivity contribution in [2.45, 2.75) is 25.5 Å². The van der Waals surface area contributed by atoms with Gasteiger partial charge in [-0.05, 0) is 42.4 Å². The normalized spacial score (nSPS) is 20.7. The molecule has 2 unspecified atom stereocenters. The molecule has 3 nitrogen and oxygen atoms in total. The second-order valence-corrected chi connectivity index (χ2v) is 5.67. The van der Waals surface area contributed by atoms with E-state index in [1.807, 2.05) is 30.3 Å². The molecule has 1 heterocycles. The van der Waals surface area contributed by atoms with Gasteiger partial charge in [-0.1, -0.05) is 30.7 Å². The zero-order chi connectivity index (χ0) is 14.8. The van der Waals surface area contributed by atoms with Crippen LogP contribution in [0, 0.1) is 0 Å². The van der Waals surface area contributed by atoms with Gasteiger partial charge < -0.3 is 15.2 Å². The maximum atomic E-state index is 9.66. The number of nitrogens with one attached hydrogen (secondary N) is 1. The van der Waals surface area contributed by atoms with Crippen molar-refractivity contribution in [1.82, 2.24) is 5.32 Å². The minimum atomic E-state index is -0.0742. The van der Waals surface area contributed by atoms with Gasteiger partial charge in [0.15, 0.2) is 0 Å². The first-order valence-electron chi connectivity index (χ1n) is 7.15. The summed E-state index contributed by atoms with van der Waals surface area (Å²) >= 11 is 6.10. The Balaban J connectivity index is 1.95. The summed E-state index contributed by atoms with van der Waals surface area (Å²) in [6.45, 7) is 2.96. The predicted octanol–water partition coefficient (Wildman–Crippen LogP) is 4.22. The van der Waals surface area contributed by atoms with E-state index in [0.717, 1.165) is 34.9 Å². The molecule has 4 heteroatoms. The first-order valence-corrected chi connectivity index (χ1v) is 7.53. The van der Waals surface area contributed by atoms with Gasteiger partial charge in [0, 0.05) is 23.0 Å². The van der Waals surface area contributed by atoms with Crippen LogP contribution in [0.5, 0.6) is 11.5 Å². The summed E-state index contributed by atoms with van der Waals surface area (Å²) in [4.78, 5) is 0. The number of phenols is 1. The molecular formula is C17H18ClNO2. The molecule has 2 atom stereocenters. The Morgan fingerprint density at radius 1 is 1.29 bits per heavy atom. The Bertz CT molecular complexity index is 644. The number of phenolic OH excluding ortho intramolecular Hbond substituents is 1. The van der Waals surface area contributed by atoms with E-state index in [1.54, 1.807) is 12.1 Å². The molecule has 2 N–H and O–H groups in total. The molecule has 0 aromatic heterocycles. The van der Waals surface area contributed by atoms with Gasteiger partial charge >= 0.3 is 0 Å². The first kappa shape index (κ1) is 14.2. The second-order valence-electron chi connectivity index (χ2n) is 5.23. The summed E-state index contributed by atoms with van der Waals surface area (Å²) in [5.41, 5.74) is 2.08. The topological polar surface area (TPSA) is 41.5 Å². The Labute approximate surface area is 129 Å². The van der Waals surface area contributed by atoms with Crippen molar-refractivity contribution in [3.8, 4) is 11.5 Å². The van der Waals surface area contributed by atoms with Crippen molar-refractivity contribution in [2.75, 3.05) is 6.54 Å². The van der Waals surface area contributed by atoms with Gasteiger partial charge in [-0.2, -0.15) is 0 Å². The highest BCUT2D eigenvalue weighted by molar-refractivity contribution is 6.30. The summed E-state index contributed by atoms with van der Waals surface area (Å²) < 4.78 is 6.09. The average molecular weight is 304 g/mol. The minimum Gasteiger partial charge on any atom is -0.508 e. The van der Waals surface area contributed by atoms with Crippen LogP contribution >= 0.6 is 11.6 Å². The molecule has 1 aliphatic heterocycles. The first-order chi connectivity index (χ1) is 10.2. The maximum Gasteiger partial charge on any atom is 0.126 e. The van der Waals surface area contributed by atoms with Gasteiger partial charge in [-0.15, -0.1) is 0 Å². The Hall–Kier alpha value is -1.71. The Morgan fingerprint density at radius 3 is 2.90 bits per heavy atom. The van der Waals surface area contributed by atoms with Crippen LogP contribution in [0.25, 0.3) is 0 Å². The van der Waals surface area contributed by atoms with E-state index in [9.17, 15) is 5.11 Å². The van der Waals surface area contributed by atoms with Crippen LogP contribution in [0.15, 0.2) is 42.5 Å². The largest absolute Gasteiger partial charge is 0.508 e. The monoisotopic (exact) mass is 303 g/mol. The lowest BCUT2D eigenvalue weighted by Gasteiger charge is -2.33. The SMILES string of the molecule is CCNC1CC(c2cccc(O)c2)Oc2ccc(Cl)cc21. The molecule has 0 bridgehead atoms. The van der Waals surface area contributed by atoms with Gasteiger partial charge in [0.2, 0.25) is 0 Å². The fourth-order valence-electron chi connectivity index (χ4n) is 2.81. The smallest absolute Gasteiger partial charge is 0.126 e. The number of halogens is 1. The highest BCUT2D eigenvalue weighted by atomic mass is 35.5. The van der Waals surface area contributed by atoms with Crippen molar-refractivity contribution >= 4 is 11.6 Å². The zero-order valence-electron chi connectivity index (χ0n) is 11.8. The van der Waals surface area contributed by atoms with Crippen LogP contribution in [0.4, 0.5) is 0 Å². The number of rotatable bonds is 3. The van der Waals surface area contributed by atoms with E-state index in [4.69, 9.17) is 16.3 Å². The van der Waals surface area contributed by atoms with Gasteiger partial charge in [-0.25, -0.2) is 0 Å². The maximum absolute atomic E-state index is 9.66. The van der Waals surface area contributed by atoms with Crippen LogP contribution in [-0.4, -0.2) is 11.7 Å². The number of aromatic hydroxyl groups is 1. The van der Waals surface area contributed by atoms with Crippen LogP contribution < -0.4 is 10.1 Å². The molecule has 0 spiro atoms. The van der Waals surface area contributed by atoms with Gasteiger partial charge in [-0.3, -0.25) is 0 Å². The molecule has 110 valence electrons. The van der Waals surface area contributed by atoms with E-state index in [1.165, 1.54) is 0 Å². The standard InChI is InChI=1S/C17H18ClNO2/c1-2-19-15-10-17(11-4-3-5-13(20)8-11)21-16-7-6-12(18)9-14(15)16/h3-9,15,17,19-20H,2,10H2,1H3. The molecule has 0 aliphatic carbocycles. The molecule has 0 saturated heterocycles. The summed E-state index contributed by atoms with van der Waals surface area (Å²) in [5.74, 6) is 1.11. The number of hydrogen-bond acceptors (Lipinski definition) is 3. The second kappa shape index (κ2) is 5.96. The Morgan fingerprint density at radius 2 is 2.14 bits per heavy atom. The van der Waals surface area contributed by atoms with Crippen molar-refractivity contribution in [3.05, 3.63) is 58.6 Å². The van der Waals surface area contributed by atoms with Crippen molar-refractivity contribution < 1.29 is 9.84 Å². The third kappa shape index (κ3) is 2.99. The molecule has 0 amide bonds. The molecule has 2 aromatic carbocycles. The molecular weight excluding hydrogens is 286 g/mol. The van der Waals surface area contributed by atoms with E-state index in [2.05, 4.69) is 12.2 Å². The van der Waals surface area contributed by atoms with Crippen molar-refractivity contribution in [2.24, 2.45) is 0 Å². The van der Waals surface area contributed by atoms with E-state index in [-0.39, 0.29) is 17.9 Å². The predicted molar refractivity (Wildman–Crippen MR) is 84.0 cm³/mol. The Kier molecular flexibility index (Phi) is 4.04. The zero-order valence-corrected chi connectivity index (χ0v) is 12.6. The number of ether oxygens (including phenoxy) is 1. The van der Waals surface area contributed by atoms with E-state index >= 15 is 0 Å². The van der Waals surface area contributed by atoms with Crippen molar-refractivity contribution in [1.29, 1.82) is 0 Å². The third-order valence-electron chi connectivity index (χ3n) is 3.76. The third-order valence-corrected chi connectivity index (χ3v) is 3.99. The lowest BCUT2D eigenvalue weighted by atomic mass is 9.93. The molecule has 2 aromatic rings. The van der Waals surface area contributed by atoms with Crippen LogP contribution in [0.1, 0.15) is 36.6 Å². The highest BCUT2D eigenvalue weighted by Crippen LogP contribution is 2.42. The summed E-state index contributed by atoms with van der Waals surface area (Å²) in [6, 6.07) is 13.2. The van der Waals surface area contributed by atoms with Gasteiger partial charge in [0.25, 0.3) is 0 Å². The number of benzene rings is 2. The fraction of sp³-hybridized carbons (Fsp3) is 0.294. The lowest BCUT2D eigenvalue weighted by Crippen LogP contribution is -2.29. The van der Waals surface area contributed by atoms with E-state index < -0.39 is 0 Å². The van der Waals surface area contributed by atoms with Gasteiger partial charge in [0.05, 0.1) is 0 Å². The van der Waals surface area contributed by atoms with Gasteiger partial charge in [0.1, 0.15) is 17.6 Å². The lowest BCUT2D eigenvalue weighted by molar-refractivity contribution is 0.152.